The Hall–Kier alpha value is -0.590. The first-order chi connectivity index (χ1) is 8.29. The molecule has 5 nitrogen and oxygen atoms in total. The van der Waals surface area contributed by atoms with Crippen molar-refractivity contribution in [2.24, 2.45) is 13.0 Å². The zero-order chi connectivity index (χ0) is 13.9. The third-order valence-electron chi connectivity index (χ3n) is 2.94. The third-order valence-corrected chi connectivity index (χ3v) is 4.83. The summed E-state index contributed by atoms with van der Waals surface area (Å²) in [4.78, 5) is 0.281. The summed E-state index contributed by atoms with van der Waals surface area (Å²) in [5, 5.41) is 4.12. The first-order valence-corrected chi connectivity index (χ1v) is 7.87. The van der Waals surface area contributed by atoms with E-state index < -0.39 is 10.0 Å². The molecule has 0 amide bonds. The highest BCUT2D eigenvalue weighted by Gasteiger charge is 2.23. The van der Waals surface area contributed by atoms with Crippen LogP contribution in [0.25, 0.3) is 0 Å². The molecule has 1 heterocycles. The lowest BCUT2D eigenvalue weighted by molar-refractivity contribution is 0.529. The molecule has 0 aromatic carbocycles. The molecule has 18 heavy (non-hydrogen) atoms. The van der Waals surface area contributed by atoms with Gasteiger partial charge in [0, 0.05) is 19.5 Å². The van der Waals surface area contributed by atoms with Crippen molar-refractivity contribution < 1.29 is 8.42 Å². The molecule has 0 saturated carbocycles. The number of sulfonamides is 1. The number of nitrogens with one attached hydrogen (secondary N) is 1. The minimum Gasteiger partial charge on any atom is -0.271 e. The average molecular weight is 294 g/mol. The summed E-state index contributed by atoms with van der Waals surface area (Å²) in [7, 11) is -1.76. The van der Waals surface area contributed by atoms with E-state index in [9.17, 15) is 8.42 Å². The summed E-state index contributed by atoms with van der Waals surface area (Å²) in [5.41, 5.74) is 1.16. The van der Waals surface area contributed by atoms with E-state index in [4.69, 9.17) is 11.6 Å². The van der Waals surface area contributed by atoms with Crippen LogP contribution >= 0.6 is 11.6 Å². The van der Waals surface area contributed by atoms with Gasteiger partial charge in [-0.15, -0.1) is 11.6 Å². The van der Waals surface area contributed by atoms with Crippen LogP contribution in [0.5, 0.6) is 0 Å². The first kappa shape index (κ1) is 15.5. The number of halogens is 1. The van der Waals surface area contributed by atoms with Crippen LogP contribution < -0.4 is 4.72 Å². The van der Waals surface area contributed by atoms with Crippen LogP contribution in [0.3, 0.4) is 0 Å². The van der Waals surface area contributed by atoms with Crippen molar-refractivity contribution in [1.82, 2.24) is 14.5 Å². The fourth-order valence-electron chi connectivity index (χ4n) is 1.76. The molecule has 0 aliphatic carbocycles. The van der Waals surface area contributed by atoms with Gasteiger partial charge in [0.2, 0.25) is 10.0 Å². The monoisotopic (exact) mass is 293 g/mol. The van der Waals surface area contributed by atoms with Gasteiger partial charge in [0.25, 0.3) is 0 Å². The van der Waals surface area contributed by atoms with Crippen LogP contribution in [0.4, 0.5) is 0 Å². The number of aromatic nitrogens is 2. The lowest BCUT2D eigenvalue weighted by atomic mass is 10.1. The van der Waals surface area contributed by atoms with Crippen LogP contribution in [0, 0.1) is 19.8 Å². The molecule has 0 aliphatic heterocycles. The standard InChI is InChI=1S/C11H20ClN3O2S/c1-8(5-6-12)7-13-18(16,17)11-9(2)14-15(4)10(11)3/h8,13H,5-7H2,1-4H3. The van der Waals surface area contributed by atoms with Crippen molar-refractivity contribution in [2.75, 3.05) is 12.4 Å². The molecule has 1 unspecified atom stereocenters. The molecular weight excluding hydrogens is 274 g/mol. The van der Waals surface area contributed by atoms with Crippen LogP contribution in [0.1, 0.15) is 24.7 Å². The van der Waals surface area contributed by atoms with Crippen LogP contribution in [0.2, 0.25) is 0 Å². The Bertz CT molecular complexity index is 511. The minimum atomic E-state index is -3.49. The minimum absolute atomic E-state index is 0.217. The topological polar surface area (TPSA) is 64.0 Å². The Balaban J connectivity index is 2.87. The molecule has 1 atom stereocenters. The summed E-state index contributed by atoms with van der Waals surface area (Å²) < 4.78 is 28.6. The number of hydrogen-bond donors (Lipinski definition) is 1. The maximum atomic E-state index is 12.2. The van der Waals surface area contributed by atoms with E-state index in [-0.39, 0.29) is 10.8 Å². The molecule has 0 fully saturated rings. The quantitative estimate of drug-likeness (QED) is 0.810. The van der Waals surface area contributed by atoms with E-state index in [0.29, 0.717) is 23.8 Å². The van der Waals surface area contributed by atoms with Crippen molar-refractivity contribution in [2.45, 2.75) is 32.1 Å². The van der Waals surface area contributed by atoms with E-state index >= 15 is 0 Å². The fourth-order valence-corrected chi connectivity index (χ4v) is 3.73. The van der Waals surface area contributed by atoms with E-state index in [2.05, 4.69) is 9.82 Å². The zero-order valence-corrected chi connectivity index (χ0v) is 12.8. The SMILES string of the molecule is Cc1nn(C)c(C)c1S(=O)(=O)NCC(C)CCCl. The predicted molar refractivity (Wildman–Crippen MR) is 72.4 cm³/mol. The molecule has 0 radical (unpaired) electrons. The third kappa shape index (κ3) is 3.46. The molecule has 1 aromatic heterocycles. The molecule has 1 rings (SSSR count). The average Bonchev–Trinajstić information content (AvgIpc) is 2.51. The van der Waals surface area contributed by atoms with Gasteiger partial charge < -0.3 is 0 Å². The number of rotatable bonds is 6. The van der Waals surface area contributed by atoms with Crippen LogP contribution in [0.15, 0.2) is 4.90 Å². The molecule has 0 bridgehead atoms. The normalized spacial score (nSPS) is 13.8. The Morgan fingerprint density at radius 2 is 2.06 bits per heavy atom. The van der Waals surface area contributed by atoms with Crippen molar-refractivity contribution in [3.8, 4) is 0 Å². The summed E-state index contributed by atoms with van der Waals surface area (Å²) in [6.45, 7) is 5.80. The smallest absolute Gasteiger partial charge is 0.244 e. The number of nitrogens with zero attached hydrogens (tertiary/aromatic N) is 2. The van der Waals surface area contributed by atoms with E-state index in [1.807, 2.05) is 6.92 Å². The molecular formula is C11H20ClN3O2S. The summed E-state index contributed by atoms with van der Waals surface area (Å²) in [5.74, 6) is 0.753. The Labute approximate surface area is 114 Å². The second-order valence-corrected chi connectivity index (χ2v) is 6.64. The van der Waals surface area contributed by atoms with Gasteiger partial charge in [-0.3, -0.25) is 4.68 Å². The maximum Gasteiger partial charge on any atom is 0.244 e. The predicted octanol–water partition coefficient (Wildman–Crippen LogP) is 1.58. The zero-order valence-electron chi connectivity index (χ0n) is 11.2. The summed E-state index contributed by atoms with van der Waals surface area (Å²) in [6, 6.07) is 0. The molecule has 1 N–H and O–H groups in total. The highest BCUT2D eigenvalue weighted by atomic mass is 35.5. The molecule has 0 spiro atoms. The highest BCUT2D eigenvalue weighted by Crippen LogP contribution is 2.18. The van der Waals surface area contributed by atoms with Gasteiger partial charge in [0.05, 0.1) is 11.4 Å². The van der Waals surface area contributed by atoms with Gasteiger partial charge in [-0.1, -0.05) is 6.92 Å². The Morgan fingerprint density at radius 1 is 1.44 bits per heavy atom. The summed E-state index contributed by atoms with van der Waals surface area (Å²) in [6.07, 6.45) is 0.787. The molecule has 104 valence electrons. The Morgan fingerprint density at radius 3 is 2.50 bits per heavy atom. The van der Waals surface area contributed by atoms with E-state index in [1.165, 1.54) is 0 Å². The number of hydrogen-bond acceptors (Lipinski definition) is 3. The largest absolute Gasteiger partial charge is 0.271 e. The van der Waals surface area contributed by atoms with Crippen molar-refractivity contribution >= 4 is 21.6 Å². The van der Waals surface area contributed by atoms with Gasteiger partial charge in [0.1, 0.15) is 4.90 Å². The summed E-state index contributed by atoms with van der Waals surface area (Å²) >= 11 is 5.63. The van der Waals surface area contributed by atoms with Crippen molar-refractivity contribution in [3.63, 3.8) is 0 Å². The van der Waals surface area contributed by atoms with Crippen molar-refractivity contribution in [3.05, 3.63) is 11.4 Å². The van der Waals surface area contributed by atoms with Gasteiger partial charge >= 0.3 is 0 Å². The van der Waals surface area contributed by atoms with Gasteiger partial charge in [0.15, 0.2) is 0 Å². The van der Waals surface area contributed by atoms with Gasteiger partial charge in [-0.2, -0.15) is 5.10 Å². The van der Waals surface area contributed by atoms with Crippen molar-refractivity contribution in [1.29, 1.82) is 0 Å². The van der Waals surface area contributed by atoms with Gasteiger partial charge in [-0.05, 0) is 26.2 Å². The first-order valence-electron chi connectivity index (χ1n) is 5.85. The van der Waals surface area contributed by atoms with E-state index in [0.717, 1.165) is 6.42 Å². The maximum absolute atomic E-state index is 12.2. The number of aryl methyl sites for hydroxylation is 2. The lowest BCUT2D eigenvalue weighted by Gasteiger charge is -2.11. The van der Waals surface area contributed by atoms with Crippen LogP contribution in [-0.4, -0.2) is 30.6 Å². The van der Waals surface area contributed by atoms with E-state index in [1.54, 1.807) is 25.6 Å². The molecule has 1 aromatic rings. The van der Waals surface area contributed by atoms with Crippen LogP contribution in [-0.2, 0) is 17.1 Å². The molecule has 0 aliphatic rings. The number of alkyl halides is 1. The molecule has 7 heteroatoms. The highest BCUT2D eigenvalue weighted by molar-refractivity contribution is 7.89. The second kappa shape index (κ2) is 6.04. The fraction of sp³-hybridized carbons (Fsp3) is 0.727. The second-order valence-electron chi connectivity index (χ2n) is 4.56. The lowest BCUT2D eigenvalue weighted by Crippen LogP contribution is -2.29. The Kier molecular flexibility index (Phi) is 5.19. The van der Waals surface area contributed by atoms with Gasteiger partial charge in [-0.25, -0.2) is 13.1 Å². The molecule has 0 saturated heterocycles.